The van der Waals surface area contributed by atoms with Crippen molar-refractivity contribution in [2.75, 3.05) is 13.7 Å². The van der Waals surface area contributed by atoms with Gasteiger partial charge in [0, 0.05) is 6.07 Å². The Morgan fingerprint density at radius 1 is 1.03 bits per heavy atom. The molecule has 3 rings (SSSR count). The van der Waals surface area contributed by atoms with Crippen molar-refractivity contribution in [1.82, 2.24) is 0 Å². The molecule has 0 amide bonds. The minimum absolute atomic E-state index is 0.0333. The Morgan fingerprint density at radius 3 is 2.32 bits per heavy atom. The Labute approximate surface area is 178 Å². The van der Waals surface area contributed by atoms with Gasteiger partial charge >= 0.3 is 0 Å². The molecular weight excluding hydrogens is 408 g/mol. The average Bonchev–Trinajstić information content (AvgIpc) is 2.78. The van der Waals surface area contributed by atoms with Crippen LogP contribution in [0.1, 0.15) is 15.9 Å². The minimum atomic E-state index is -1.59. The second kappa shape index (κ2) is 9.90. The number of hydrogen-bond acceptors (Lipinski definition) is 9. The summed E-state index contributed by atoms with van der Waals surface area (Å²) < 4.78 is 15.8. The van der Waals surface area contributed by atoms with E-state index in [1.807, 2.05) is 0 Å². The fourth-order valence-electron chi connectivity index (χ4n) is 3.07. The quantitative estimate of drug-likeness (QED) is 0.311. The van der Waals surface area contributed by atoms with Gasteiger partial charge in [0.05, 0.1) is 19.3 Å². The van der Waals surface area contributed by atoms with Gasteiger partial charge in [0.1, 0.15) is 41.7 Å². The third kappa shape index (κ3) is 5.22. The van der Waals surface area contributed by atoms with E-state index in [0.717, 1.165) is 11.6 Å². The molecule has 2 aromatic carbocycles. The number of ether oxygens (including phenoxy) is 3. The number of rotatable bonds is 7. The molecule has 1 saturated heterocycles. The summed E-state index contributed by atoms with van der Waals surface area (Å²) >= 11 is 0. The zero-order valence-electron chi connectivity index (χ0n) is 16.7. The molecule has 0 unspecified atom stereocenters. The Morgan fingerprint density at radius 2 is 1.71 bits per heavy atom. The van der Waals surface area contributed by atoms with E-state index in [-0.39, 0.29) is 17.1 Å². The SMILES string of the molecule is COc1ccc(/C=C/C(=O)c2ccc(O[C@@H]3O[C@H](CO)[C@@H](O)[C@H](O)[C@H]3O)cc2O)cc1. The lowest BCUT2D eigenvalue weighted by molar-refractivity contribution is -0.277. The fraction of sp³-hybridized carbons (Fsp3) is 0.318. The average molecular weight is 432 g/mol. The number of aliphatic hydroxyl groups excluding tert-OH is 4. The van der Waals surface area contributed by atoms with Crippen LogP contribution in [0.25, 0.3) is 6.08 Å². The molecule has 2 aromatic rings. The lowest BCUT2D eigenvalue weighted by Gasteiger charge is -2.39. The van der Waals surface area contributed by atoms with Gasteiger partial charge in [0.25, 0.3) is 0 Å². The van der Waals surface area contributed by atoms with Gasteiger partial charge in [0.15, 0.2) is 5.78 Å². The lowest BCUT2D eigenvalue weighted by atomic mass is 9.99. The van der Waals surface area contributed by atoms with E-state index in [2.05, 4.69) is 0 Å². The van der Waals surface area contributed by atoms with Crippen molar-refractivity contribution in [2.45, 2.75) is 30.7 Å². The number of allylic oxidation sites excluding steroid dienone is 1. The van der Waals surface area contributed by atoms with E-state index < -0.39 is 43.1 Å². The first-order valence-corrected chi connectivity index (χ1v) is 9.50. The smallest absolute Gasteiger partial charge is 0.229 e. The number of phenolic OH excluding ortho intramolecular Hbond substituents is 1. The molecule has 1 heterocycles. The van der Waals surface area contributed by atoms with Gasteiger partial charge in [-0.15, -0.1) is 0 Å². The van der Waals surface area contributed by atoms with E-state index in [1.165, 1.54) is 18.2 Å². The van der Waals surface area contributed by atoms with Crippen molar-refractivity contribution in [3.8, 4) is 17.2 Å². The second-order valence-electron chi connectivity index (χ2n) is 6.96. The van der Waals surface area contributed by atoms with Crippen LogP contribution in [0.15, 0.2) is 48.5 Å². The van der Waals surface area contributed by atoms with Crippen LogP contribution in [0, 0.1) is 0 Å². The van der Waals surface area contributed by atoms with Crippen LogP contribution in [-0.4, -0.2) is 75.7 Å². The molecule has 5 atom stereocenters. The first-order chi connectivity index (χ1) is 14.8. The molecule has 9 nitrogen and oxygen atoms in total. The zero-order valence-corrected chi connectivity index (χ0v) is 16.7. The van der Waals surface area contributed by atoms with Crippen molar-refractivity contribution < 1.29 is 44.5 Å². The number of methoxy groups -OCH3 is 1. The number of benzene rings is 2. The normalized spacial score (nSPS) is 26.0. The van der Waals surface area contributed by atoms with Crippen molar-refractivity contribution in [2.24, 2.45) is 0 Å². The van der Waals surface area contributed by atoms with E-state index in [9.17, 15) is 30.3 Å². The third-order valence-electron chi connectivity index (χ3n) is 4.88. The molecule has 1 aliphatic rings. The Balaban J connectivity index is 1.69. The largest absolute Gasteiger partial charge is 0.507 e. The van der Waals surface area contributed by atoms with Crippen LogP contribution in [0.3, 0.4) is 0 Å². The number of aromatic hydroxyl groups is 1. The fourth-order valence-corrected chi connectivity index (χ4v) is 3.07. The van der Waals surface area contributed by atoms with E-state index in [0.29, 0.717) is 5.75 Å². The van der Waals surface area contributed by atoms with Crippen LogP contribution in [-0.2, 0) is 4.74 Å². The maximum absolute atomic E-state index is 12.4. The monoisotopic (exact) mass is 432 g/mol. The molecule has 166 valence electrons. The molecule has 0 aromatic heterocycles. The molecule has 1 fully saturated rings. The summed E-state index contributed by atoms with van der Waals surface area (Å²) in [4.78, 5) is 12.4. The maximum atomic E-state index is 12.4. The van der Waals surface area contributed by atoms with Crippen molar-refractivity contribution in [1.29, 1.82) is 0 Å². The summed E-state index contributed by atoms with van der Waals surface area (Å²) in [6, 6.07) is 11.0. The van der Waals surface area contributed by atoms with Gasteiger partial charge in [-0.05, 0) is 35.9 Å². The summed E-state index contributed by atoms with van der Waals surface area (Å²) in [6.45, 7) is -0.593. The summed E-state index contributed by atoms with van der Waals surface area (Å²) in [5.41, 5.74) is 0.808. The standard InChI is InChI=1S/C22H24O9/c1-29-13-5-2-12(3-6-13)4-9-16(24)15-8-7-14(10-17(15)25)30-22-21(28)20(27)19(26)18(11-23)31-22/h2-10,18-23,25-28H,11H2,1H3/b9-4+/t18-,19-,20+,21-,22-/m1/s1. The molecule has 31 heavy (non-hydrogen) atoms. The van der Waals surface area contributed by atoms with Gasteiger partial charge in [0.2, 0.25) is 6.29 Å². The van der Waals surface area contributed by atoms with Crippen LogP contribution < -0.4 is 9.47 Å². The zero-order chi connectivity index (χ0) is 22.5. The summed E-state index contributed by atoms with van der Waals surface area (Å²) in [7, 11) is 1.56. The van der Waals surface area contributed by atoms with Crippen LogP contribution in [0.2, 0.25) is 0 Å². The van der Waals surface area contributed by atoms with Crippen LogP contribution >= 0.6 is 0 Å². The maximum Gasteiger partial charge on any atom is 0.229 e. The van der Waals surface area contributed by atoms with Gasteiger partial charge in [-0.3, -0.25) is 4.79 Å². The van der Waals surface area contributed by atoms with Crippen molar-refractivity contribution in [3.63, 3.8) is 0 Å². The van der Waals surface area contributed by atoms with Gasteiger partial charge in [-0.2, -0.15) is 0 Å². The highest BCUT2D eigenvalue weighted by atomic mass is 16.7. The topological polar surface area (TPSA) is 146 Å². The van der Waals surface area contributed by atoms with Gasteiger partial charge in [-0.25, -0.2) is 0 Å². The van der Waals surface area contributed by atoms with Gasteiger partial charge in [-0.1, -0.05) is 18.2 Å². The van der Waals surface area contributed by atoms with Gasteiger partial charge < -0.3 is 39.7 Å². The molecule has 0 spiro atoms. The highest BCUT2D eigenvalue weighted by Gasteiger charge is 2.44. The predicted molar refractivity (Wildman–Crippen MR) is 109 cm³/mol. The molecular formula is C22H24O9. The Hall–Kier alpha value is -2.95. The number of ketones is 1. The van der Waals surface area contributed by atoms with Crippen LogP contribution in [0.4, 0.5) is 0 Å². The predicted octanol–water partition coefficient (Wildman–Crippen LogP) is 0.476. The molecule has 9 heteroatoms. The summed E-state index contributed by atoms with van der Waals surface area (Å²) in [5.74, 6) is -0.0483. The number of hydrogen-bond donors (Lipinski definition) is 5. The first-order valence-electron chi connectivity index (χ1n) is 9.50. The highest BCUT2D eigenvalue weighted by molar-refractivity contribution is 6.08. The number of carbonyl (C=O) groups excluding carboxylic acids is 1. The third-order valence-corrected chi connectivity index (χ3v) is 4.88. The lowest BCUT2D eigenvalue weighted by Crippen LogP contribution is -2.60. The molecule has 5 N–H and O–H groups in total. The second-order valence-corrected chi connectivity index (χ2v) is 6.96. The molecule has 0 bridgehead atoms. The highest BCUT2D eigenvalue weighted by Crippen LogP contribution is 2.28. The Bertz CT molecular complexity index is 923. The molecule has 1 aliphatic heterocycles. The summed E-state index contributed by atoms with van der Waals surface area (Å²) in [6.07, 6.45) is -4.30. The molecule has 0 aliphatic carbocycles. The van der Waals surface area contributed by atoms with Crippen LogP contribution in [0.5, 0.6) is 17.2 Å². The number of phenols is 1. The van der Waals surface area contributed by atoms with E-state index >= 15 is 0 Å². The van der Waals surface area contributed by atoms with Crippen molar-refractivity contribution in [3.05, 3.63) is 59.7 Å². The van der Waals surface area contributed by atoms with E-state index in [4.69, 9.17) is 14.2 Å². The van der Waals surface area contributed by atoms with E-state index in [1.54, 1.807) is 37.5 Å². The number of carbonyl (C=O) groups is 1. The minimum Gasteiger partial charge on any atom is -0.507 e. The van der Waals surface area contributed by atoms with Crippen molar-refractivity contribution >= 4 is 11.9 Å². The number of aliphatic hydroxyl groups is 4. The molecule has 0 saturated carbocycles. The summed E-state index contributed by atoms with van der Waals surface area (Å²) in [5, 5.41) is 49.1. The first kappa shape index (κ1) is 22.7. The Kier molecular flexibility index (Phi) is 7.26. The molecule has 0 radical (unpaired) electrons.